The van der Waals surface area contributed by atoms with Crippen LogP contribution in [0, 0.1) is 3.57 Å². The summed E-state index contributed by atoms with van der Waals surface area (Å²) in [5, 5.41) is 3.09. The topological polar surface area (TPSA) is 79.9 Å². The first-order chi connectivity index (χ1) is 8.72. The van der Waals surface area contributed by atoms with Crippen molar-refractivity contribution in [2.45, 2.75) is 6.54 Å². The van der Waals surface area contributed by atoms with Gasteiger partial charge in [-0.1, -0.05) is 6.07 Å². The van der Waals surface area contributed by atoms with Gasteiger partial charge in [0, 0.05) is 18.3 Å². The standard InChI is InChI=1S/C11H11IN4O2/c1-18-11-7(3-2-4-13-11)5-14-9-8(12)10(17)16-6-15-9/h2-4,6H,5H2,1H3,(H2,14,15,16,17). The lowest BCUT2D eigenvalue weighted by Crippen LogP contribution is -2.14. The molecule has 2 heterocycles. The van der Waals surface area contributed by atoms with Gasteiger partial charge in [0.05, 0.1) is 13.4 Å². The molecule has 18 heavy (non-hydrogen) atoms. The van der Waals surface area contributed by atoms with Gasteiger partial charge in [-0.3, -0.25) is 4.79 Å². The normalized spacial score (nSPS) is 10.1. The van der Waals surface area contributed by atoms with E-state index in [1.165, 1.54) is 6.33 Å². The molecule has 0 saturated carbocycles. The second kappa shape index (κ2) is 5.80. The number of pyridine rings is 1. The Balaban J connectivity index is 2.16. The molecule has 0 saturated heterocycles. The average molecular weight is 358 g/mol. The van der Waals surface area contributed by atoms with E-state index < -0.39 is 0 Å². The van der Waals surface area contributed by atoms with Crippen LogP contribution in [0.3, 0.4) is 0 Å². The highest BCUT2D eigenvalue weighted by molar-refractivity contribution is 14.1. The minimum absolute atomic E-state index is 0.161. The van der Waals surface area contributed by atoms with Crippen LogP contribution in [0.1, 0.15) is 5.56 Å². The van der Waals surface area contributed by atoms with Crippen molar-refractivity contribution in [3.8, 4) is 5.88 Å². The molecule has 0 atom stereocenters. The molecule has 0 fully saturated rings. The number of hydrogen-bond donors (Lipinski definition) is 2. The summed E-state index contributed by atoms with van der Waals surface area (Å²) < 4.78 is 5.67. The molecule has 7 heteroatoms. The van der Waals surface area contributed by atoms with Crippen LogP contribution in [0.2, 0.25) is 0 Å². The molecule has 2 rings (SSSR count). The fourth-order valence-electron chi connectivity index (χ4n) is 1.43. The summed E-state index contributed by atoms with van der Waals surface area (Å²) in [5.74, 6) is 1.11. The number of halogens is 1. The van der Waals surface area contributed by atoms with E-state index in [2.05, 4.69) is 20.3 Å². The molecule has 2 aromatic rings. The summed E-state index contributed by atoms with van der Waals surface area (Å²) in [7, 11) is 1.57. The van der Waals surface area contributed by atoms with Crippen LogP contribution in [-0.2, 0) is 6.54 Å². The Kier molecular flexibility index (Phi) is 4.13. The summed E-state index contributed by atoms with van der Waals surface area (Å²) in [6.07, 6.45) is 3.03. The van der Waals surface area contributed by atoms with Crippen LogP contribution >= 0.6 is 22.6 Å². The van der Waals surface area contributed by atoms with Gasteiger partial charge >= 0.3 is 0 Å². The average Bonchev–Trinajstić information content (AvgIpc) is 2.41. The van der Waals surface area contributed by atoms with Crippen molar-refractivity contribution in [1.29, 1.82) is 0 Å². The van der Waals surface area contributed by atoms with Gasteiger partial charge in [0.15, 0.2) is 0 Å². The lowest BCUT2D eigenvalue weighted by atomic mass is 10.2. The van der Waals surface area contributed by atoms with Crippen LogP contribution in [0.25, 0.3) is 0 Å². The van der Waals surface area contributed by atoms with Gasteiger partial charge in [0.25, 0.3) is 5.56 Å². The van der Waals surface area contributed by atoms with E-state index >= 15 is 0 Å². The predicted octanol–water partition coefficient (Wildman–Crippen LogP) is 1.39. The monoisotopic (exact) mass is 358 g/mol. The Morgan fingerprint density at radius 3 is 3.11 bits per heavy atom. The third kappa shape index (κ3) is 2.78. The van der Waals surface area contributed by atoms with Gasteiger partial charge in [-0.2, -0.15) is 0 Å². The molecular weight excluding hydrogens is 347 g/mol. The number of aromatic amines is 1. The van der Waals surface area contributed by atoms with E-state index in [1.54, 1.807) is 13.3 Å². The maximum absolute atomic E-state index is 11.4. The molecule has 0 aliphatic rings. The van der Waals surface area contributed by atoms with E-state index in [0.717, 1.165) is 5.56 Å². The van der Waals surface area contributed by atoms with Crippen molar-refractivity contribution in [1.82, 2.24) is 15.0 Å². The molecule has 0 unspecified atom stereocenters. The second-order valence-electron chi connectivity index (χ2n) is 3.42. The van der Waals surface area contributed by atoms with Gasteiger partial charge in [-0.15, -0.1) is 0 Å². The highest BCUT2D eigenvalue weighted by Gasteiger charge is 2.07. The van der Waals surface area contributed by atoms with Gasteiger partial charge in [-0.25, -0.2) is 9.97 Å². The number of aromatic nitrogens is 3. The quantitative estimate of drug-likeness (QED) is 0.808. The molecule has 0 aromatic carbocycles. The summed E-state index contributed by atoms with van der Waals surface area (Å²) in [5.41, 5.74) is 0.740. The maximum Gasteiger partial charge on any atom is 0.266 e. The fraction of sp³-hybridized carbons (Fsp3) is 0.182. The summed E-state index contributed by atoms with van der Waals surface area (Å²) in [4.78, 5) is 22.1. The number of ether oxygens (including phenoxy) is 1. The van der Waals surface area contributed by atoms with Gasteiger partial charge in [0.1, 0.15) is 9.39 Å². The van der Waals surface area contributed by atoms with Gasteiger partial charge < -0.3 is 15.0 Å². The number of anilines is 1. The molecule has 0 amide bonds. The number of hydrogen-bond acceptors (Lipinski definition) is 5. The molecule has 0 aliphatic carbocycles. The highest BCUT2D eigenvalue weighted by Crippen LogP contribution is 2.16. The Hall–Kier alpha value is -1.64. The minimum Gasteiger partial charge on any atom is -0.481 e. The molecule has 0 aliphatic heterocycles. The first-order valence-corrected chi connectivity index (χ1v) is 6.25. The van der Waals surface area contributed by atoms with E-state index in [-0.39, 0.29) is 5.56 Å². The number of nitrogens with zero attached hydrogens (tertiary/aromatic N) is 2. The zero-order valence-corrected chi connectivity index (χ0v) is 11.8. The third-order valence-corrected chi connectivity index (χ3v) is 3.29. The van der Waals surface area contributed by atoms with Crippen molar-refractivity contribution in [3.63, 3.8) is 0 Å². The molecule has 0 spiro atoms. The number of methoxy groups -OCH3 is 1. The molecule has 94 valence electrons. The summed E-state index contributed by atoms with van der Waals surface area (Å²) >= 11 is 1.95. The van der Waals surface area contributed by atoms with Crippen molar-refractivity contribution in [2.75, 3.05) is 12.4 Å². The van der Waals surface area contributed by atoms with Crippen LogP contribution < -0.4 is 15.6 Å². The maximum atomic E-state index is 11.4. The lowest BCUT2D eigenvalue weighted by Gasteiger charge is -2.09. The van der Waals surface area contributed by atoms with Crippen LogP contribution in [0.15, 0.2) is 29.5 Å². The molecule has 0 radical (unpaired) electrons. The Bertz CT molecular complexity index is 600. The molecule has 2 aromatic heterocycles. The lowest BCUT2D eigenvalue weighted by molar-refractivity contribution is 0.393. The van der Waals surface area contributed by atoms with Crippen molar-refractivity contribution < 1.29 is 4.74 Å². The van der Waals surface area contributed by atoms with Crippen LogP contribution in [0.4, 0.5) is 5.82 Å². The van der Waals surface area contributed by atoms with Gasteiger partial charge in [-0.05, 0) is 28.7 Å². The second-order valence-corrected chi connectivity index (χ2v) is 4.50. The van der Waals surface area contributed by atoms with Crippen molar-refractivity contribution in [3.05, 3.63) is 44.1 Å². The molecule has 6 nitrogen and oxygen atoms in total. The van der Waals surface area contributed by atoms with Gasteiger partial charge in [0.2, 0.25) is 5.88 Å². The minimum atomic E-state index is -0.161. The first kappa shape index (κ1) is 12.8. The Morgan fingerprint density at radius 2 is 2.33 bits per heavy atom. The number of nitrogens with one attached hydrogen (secondary N) is 2. The first-order valence-electron chi connectivity index (χ1n) is 5.17. The molecular formula is C11H11IN4O2. The van der Waals surface area contributed by atoms with E-state index in [4.69, 9.17) is 4.74 Å². The molecule has 2 N–H and O–H groups in total. The fourth-order valence-corrected chi connectivity index (χ4v) is 1.91. The van der Waals surface area contributed by atoms with Crippen molar-refractivity contribution in [2.24, 2.45) is 0 Å². The number of H-pyrrole nitrogens is 1. The number of rotatable bonds is 4. The Labute approximate surface area is 117 Å². The zero-order valence-electron chi connectivity index (χ0n) is 9.61. The van der Waals surface area contributed by atoms with Crippen molar-refractivity contribution >= 4 is 28.4 Å². The zero-order chi connectivity index (χ0) is 13.0. The van der Waals surface area contributed by atoms with E-state index in [0.29, 0.717) is 21.8 Å². The van der Waals surface area contributed by atoms with E-state index in [1.807, 2.05) is 34.7 Å². The predicted molar refractivity (Wildman–Crippen MR) is 75.7 cm³/mol. The summed E-state index contributed by atoms with van der Waals surface area (Å²) in [6.45, 7) is 0.490. The smallest absolute Gasteiger partial charge is 0.266 e. The third-order valence-electron chi connectivity index (χ3n) is 2.29. The SMILES string of the molecule is COc1ncccc1CNc1nc[nH]c(=O)c1I. The van der Waals surface area contributed by atoms with E-state index in [9.17, 15) is 4.79 Å². The summed E-state index contributed by atoms with van der Waals surface area (Å²) in [6, 6.07) is 3.73. The largest absolute Gasteiger partial charge is 0.481 e. The van der Waals surface area contributed by atoms with Crippen LogP contribution in [0.5, 0.6) is 5.88 Å². The highest BCUT2D eigenvalue weighted by atomic mass is 127. The molecule has 0 bridgehead atoms. The van der Waals surface area contributed by atoms with Crippen LogP contribution in [-0.4, -0.2) is 22.1 Å². The Morgan fingerprint density at radius 1 is 1.50 bits per heavy atom.